The van der Waals surface area contributed by atoms with Gasteiger partial charge in [-0.05, 0) is 36.5 Å². The van der Waals surface area contributed by atoms with Crippen molar-refractivity contribution in [3.63, 3.8) is 0 Å². The van der Waals surface area contributed by atoms with E-state index in [0.29, 0.717) is 0 Å². The van der Waals surface area contributed by atoms with Gasteiger partial charge in [0.05, 0.1) is 6.10 Å². The van der Waals surface area contributed by atoms with Crippen molar-refractivity contribution >= 4 is 0 Å². The lowest BCUT2D eigenvalue weighted by molar-refractivity contribution is 0.166. The Kier molecular flexibility index (Phi) is 4.15. The summed E-state index contributed by atoms with van der Waals surface area (Å²) in [4.78, 5) is 0. The van der Waals surface area contributed by atoms with Gasteiger partial charge in [0.25, 0.3) is 0 Å². The molecule has 1 aromatic rings. The number of hydrogen-bond donors (Lipinski definition) is 1. The van der Waals surface area contributed by atoms with Gasteiger partial charge >= 0.3 is 0 Å². The molecule has 1 N–H and O–H groups in total. The van der Waals surface area contributed by atoms with Crippen LogP contribution >= 0.6 is 0 Å². The number of hydrogen-bond acceptors (Lipinski definition) is 1. The van der Waals surface area contributed by atoms with Crippen LogP contribution in [0.15, 0.2) is 18.2 Å². The molecule has 14 heavy (non-hydrogen) atoms. The molecule has 0 fully saturated rings. The van der Waals surface area contributed by atoms with E-state index in [-0.39, 0.29) is 6.10 Å². The first-order valence-corrected chi connectivity index (χ1v) is 5.46. The normalized spacial score (nSPS) is 12.9. The van der Waals surface area contributed by atoms with Crippen LogP contribution in [-0.2, 0) is 6.42 Å². The summed E-state index contributed by atoms with van der Waals surface area (Å²) in [5.74, 6) is 0. The summed E-state index contributed by atoms with van der Waals surface area (Å²) in [6.07, 6.45) is 2.63. The van der Waals surface area contributed by atoms with Crippen molar-refractivity contribution in [1.29, 1.82) is 0 Å². The van der Waals surface area contributed by atoms with Crippen molar-refractivity contribution in [3.05, 3.63) is 34.9 Å². The van der Waals surface area contributed by atoms with Gasteiger partial charge in [0, 0.05) is 0 Å². The first kappa shape index (κ1) is 11.3. The van der Waals surface area contributed by atoms with Gasteiger partial charge in [-0.2, -0.15) is 0 Å². The van der Waals surface area contributed by atoms with Gasteiger partial charge in [-0.1, -0.05) is 38.5 Å². The maximum atomic E-state index is 9.83. The summed E-state index contributed by atoms with van der Waals surface area (Å²) in [5.41, 5.74) is 3.73. The number of aliphatic hydroxyl groups excluding tert-OH is 1. The third kappa shape index (κ3) is 2.58. The highest BCUT2D eigenvalue weighted by Crippen LogP contribution is 2.21. The van der Waals surface area contributed by atoms with Crippen LogP contribution in [0, 0.1) is 6.92 Å². The predicted octanol–water partition coefficient (Wildman–Crippen LogP) is 3.39. The molecule has 0 aliphatic carbocycles. The summed E-state index contributed by atoms with van der Waals surface area (Å²) in [5, 5.41) is 9.83. The second-order valence-corrected chi connectivity index (χ2v) is 3.84. The molecule has 0 aliphatic heterocycles. The van der Waals surface area contributed by atoms with Crippen LogP contribution in [0.5, 0.6) is 0 Å². The number of rotatable bonds is 4. The Hall–Kier alpha value is -0.820. The fourth-order valence-electron chi connectivity index (χ4n) is 1.72. The smallest absolute Gasteiger partial charge is 0.0790 e. The van der Waals surface area contributed by atoms with E-state index in [9.17, 15) is 5.11 Å². The van der Waals surface area contributed by atoms with E-state index < -0.39 is 0 Å². The van der Waals surface area contributed by atoms with E-state index >= 15 is 0 Å². The van der Waals surface area contributed by atoms with E-state index in [1.54, 1.807) is 0 Å². The van der Waals surface area contributed by atoms with E-state index in [4.69, 9.17) is 0 Å². The summed E-state index contributed by atoms with van der Waals surface area (Å²) in [6.45, 7) is 6.37. The van der Waals surface area contributed by atoms with Gasteiger partial charge in [0.2, 0.25) is 0 Å². The van der Waals surface area contributed by atoms with Gasteiger partial charge in [-0.15, -0.1) is 0 Å². The largest absolute Gasteiger partial charge is 0.388 e. The zero-order valence-corrected chi connectivity index (χ0v) is 9.38. The van der Waals surface area contributed by atoms with Crippen molar-refractivity contribution in [1.82, 2.24) is 0 Å². The van der Waals surface area contributed by atoms with Crippen LogP contribution < -0.4 is 0 Å². The standard InChI is InChI=1S/C13H20O/c1-4-6-13(14)12-8-7-10(3)11(5-2)9-12/h7-9,13-14H,4-6H2,1-3H3. The molecule has 0 bridgehead atoms. The first-order chi connectivity index (χ1) is 6.69. The Morgan fingerprint density at radius 1 is 1.29 bits per heavy atom. The lowest BCUT2D eigenvalue weighted by Crippen LogP contribution is -1.98. The first-order valence-electron chi connectivity index (χ1n) is 5.46. The van der Waals surface area contributed by atoms with Crippen LogP contribution in [0.4, 0.5) is 0 Å². The Morgan fingerprint density at radius 2 is 2.00 bits per heavy atom. The van der Waals surface area contributed by atoms with Gasteiger partial charge < -0.3 is 5.11 Å². The molecule has 0 aromatic heterocycles. The molecule has 0 saturated carbocycles. The van der Waals surface area contributed by atoms with Gasteiger partial charge in [0.1, 0.15) is 0 Å². The second-order valence-electron chi connectivity index (χ2n) is 3.84. The quantitative estimate of drug-likeness (QED) is 0.775. The molecule has 1 heteroatoms. The fourth-order valence-corrected chi connectivity index (χ4v) is 1.72. The monoisotopic (exact) mass is 192 g/mol. The van der Waals surface area contributed by atoms with Crippen LogP contribution in [0.25, 0.3) is 0 Å². The number of benzene rings is 1. The molecule has 0 radical (unpaired) electrons. The molecule has 78 valence electrons. The van der Waals surface area contributed by atoms with Crippen molar-refractivity contribution < 1.29 is 5.11 Å². The number of aliphatic hydroxyl groups is 1. The zero-order valence-electron chi connectivity index (χ0n) is 9.38. The average molecular weight is 192 g/mol. The van der Waals surface area contributed by atoms with E-state index in [2.05, 4.69) is 32.9 Å². The molecule has 0 aliphatic rings. The number of aryl methyl sites for hydroxylation is 2. The van der Waals surface area contributed by atoms with E-state index in [1.807, 2.05) is 6.07 Å². The van der Waals surface area contributed by atoms with Gasteiger partial charge in [0.15, 0.2) is 0 Å². The topological polar surface area (TPSA) is 20.2 Å². The molecule has 0 amide bonds. The lowest BCUT2D eigenvalue weighted by atomic mass is 9.98. The van der Waals surface area contributed by atoms with Crippen LogP contribution in [0.2, 0.25) is 0 Å². The Morgan fingerprint density at radius 3 is 2.57 bits per heavy atom. The summed E-state index contributed by atoms with van der Waals surface area (Å²) in [7, 11) is 0. The Balaban J connectivity index is 2.88. The SMILES string of the molecule is CCCC(O)c1ccc(C)c(CC)c1. The molecule has 0 spiro atoms. The highest BCUT2D eigenvalue weighted by atomic mass is 16.3. The Bertz CT molecular complexity index is 291. The van der Waals surface area contributed by atoms with Crippen molar-refractivity contribution in [3.8, 4) is 0 Å². The van der Waals surface area contributed by atoms with Crippen molar-refractivity contribution in [2.75, 3.05) is 0 Å². The Labute approximate surface area is 86.8 Å². The average Bonchev–Trinajstić information content (AvgIpc) is 2.19. The van der Waals surface area contributed by atoms with Gasteiger partial charge in [-0.25, -0.2) is 0 Å². The van der Waals surface area contributed by atoms with Crippen LogP contribution in [-0.4, -0.2) is 5.11 Å². The maximum absolute atomic E-state index is 9.83. The fraction of sp³-hybridized carbons (Fsp3) is 0.538. The lowest BCUT2D eigenvalue weighted by Gasteiger charge is -2.12. The van der Waals surface area contributed by atoms with Crippen LogP contribution in [0.1, 0.15) is 49.5 Å². The molecular formula is C13H20O. The second kappa shape index (κ2) is 5.16. The molecule has 1 unspecified atom stereocenters. The predicted molar refractivity (Wildman–Crippen MR) is 60.4 cm³/mol. The zero-order chi connectivity index (χ0) is 10.6. The third-order valence-electron chi connectivity index (χ3n) is 2.70. The molecule has 1 aromatic carbocycles. The minimum absolute atomic E-state index is 0.286. The highest BCUT2D eigenvalue weighted by Gasteiger charge is 2.07. The summed E-state index contributed by atoms with van der Waals surface area (Å²) in [6, 6.07) is 6.28. The summed E-state index contributed by atoms with van der Waals surface area (Å²) < 4.78 is 0. The maximum Gasteiger partial charge on any atom is 0.0790 e. The van der Waals surface area contributed by atoms with Crippen molar-refractivity contribution in [2.24, 2.45) is 0 Å². The van der Waals surface area contributed by atoms with Crippen LogP contribution in [0.3, 0.4) is 0 Å². The molecule has 0 saturated heterocycles. The van der Waals surface area contributed by atoms with E-state index in [0.717, 1.165) is 24.8 Å². The summed E-state index contributed by atoms with van der Waals surface area (Å²) >= 11 is 0. The minimum Gasteiger partial charge on any atom is -0.388 e. The van der Waals surface area contributed by atoms with Crippen molar-refractivity contribution in [2.45, 2.75) is 46.1 Å². The molecule has 0 heterocycles. The molecule has 1 nitrogen and oxygen atoms in total. The molecule has 1 atom stereocenters. The molecular weight excluding hydrogens is 172 g/mol. The highest BCUT2D eigenvalue weighted by molar-refractivity contribution is 5.32. The third-order valence-corrected chi connectivity index (χ3v) is 2.70. The molecule has 1 rings (SSSR count). The minimum atomic E-state index is -0.286. The van der Waals surface area contributed by atoms with E-state index in [1.165, 1.54) is 11.1 Å². The van der Waals surface area contributed by atoms with Gasteiger partial charge in [-0.3, -0.25) is 0 Å².